The third kappa shape index (κ3) is 2.32. The summed E-state index contributed by atoms with van der Waals surface area (Å²) in [4.78, 5) is 21.3. The predicted molar refractivity (Wildman–Crippen MR) is 104 cm³/mol. The van der Waals surface area contributed by atoms with Crippen LogP contribution in [0.5, 0.6) is 0 Å². The van der Waals surface area contributed by atoms with Crippen LogP contribution in [0.2, 0.25) is 0 Å². The lowest BCUT2D eigenvalue weighted by molar-refractivity contribution is -0.247. The van der Waals surface area contributed by atoms with E-state index in [0.717, 1.165) is 35.9 Å². The highest BCUT2D eigenvalue weighted by molar-refractivity contribution is 5.94. The monoisotopic (exact) mass is 377 g/mol. The Balaban J connectivity index is 1.33. The number of carbonyl (C=O) groups is 1. The summed E-state index contributed by atoms with van der Waals surface area (Å²) in [5.41, 5.74) is 1.35. The molecule has 2 bridgehead atoms. The molecule has 3 aliphatic carbocycles. The van der Waals surface area contributed by atoms with Crippen LogP contribution in [-0.2, 0) is 0 Å². The van der Waals surface area contributed by atoms with Crippen LogP contribution in [-0.4, -0.2) is 41.9 Å². The average molecular weight is 377 g/mol. The van der Waals surface area contributed by atoms with Gasteiger partial charge >= 0.3 is 0 Å². The maximum Gasteiger partial charge on any atom is 0.254 e. The van der Waals surface area contributed by atoms with Crippen molar-refractivity contribution >= 4 is 16.8 Å². The molecule has 144 valence electrons. The number of para-hydroxylation sites is 1. The number of aromatic nitrogens is 4. The van der Waals surface area contributed by atoms with Crippen molar-refractivity contribution < 1.29 is 9.90 Å². The van der Waals surface area contributed by atoms with Crippen LogP contribution in [0.15, 0.2) is 36.7 Å². The molecule has 0 aliphatic heterocycles. The molecule has 0 unspecified atom stereocenters. The van der Waals surface area contributed by atoms with Gasteiger partial charge in [-0.3, -0.25) is 4.79 Å². The van der Waals surface area contributed by atoms with Gasteiger partial charge in [0, 0.05) is 28.7 Å². The van der Waals surface area contributed by atoms with Gasteiger partial charge in [-0.2, -0.15) is 9.78 Å². The van der Waals surface area contributed by atoms with E-state index in [4.69, 9.17) is 0 Å². The summed E-state index contributed by atoms with van der Waals surface area (Å²) in [5, 5.41) is 19.0. The van der Waals surface area contributed by atoms with Gasteiger partial charge in [0.1, 0.15) is 0 Å². The molecular formula is C21H23N5O2. The molecule has 3 fully saturated rings. The van der Waals surface area contributed by atoms with Crippen molar-refractivity contribution in [1.82, 2.24) is 25.1 Å². The second-order valence-electron chi connectivity index (χ2n) is 8.89. The van der Waals surface area contributed by atoms with Crippen LogP contribution in [0.1, 0.15) is 49.2 Å². The predicted octanol–water partition coefficient (Wildman–Crippen LogP) is 2.55. The van der Waals surface area contributed by atoms with Crippen molar-refractivity contribution in [3.05, 3.63) is 47.9 Å². The van der Waals surface area contributed by atoms with Gasteiger partial charge in [0.15, 0.2) is 0 Å². The SMILES string of the molecule is Cc1nn(-c2ncc(C(=O)NC34CC(C(C)(C)O)(C3)C4)cn2)c2ccccc12. The summed E-state index contributed by atoms with van der Waals surface area (Å²) in [6.45, 7) is 5.65. The molecule has 2 aromatic heterocycles. The lowest BCUT2D eigenvalue weighted by Gasteiger charge is -2.74. The van der Waals surface area contributed by atoms with Crippen LogP contribution in [0.3, 0.4) is 0 Å². The normalized spacial score (nSPS) is 25.9. The van der Waals surface area contributed by atoms with Gasteiger partial charge in [-0.15, -0.1) is 0 Å². The first-order chi connectivity index (χ1) is 13.2. The van der Waals surface area contributed by atoms with Crippen molar-refractivity contribution in [2.45, 2.75) is 51.2 Å². The molecule has 1 amide bonds. The molecule has 3 aliphatic rings. The van der Waals surface area contributed by atoms with Gasteiger partial charge in [-0.25, -0.2) is 9.97 Å². The number of amides is 1. The standard InChI is InChI=1S/C21H23N5O2/c1-13-15-6-4-5-7-16(15)26(25-13)18-22-8-14(9-23-18)17(27)24-21-10-20(11-21,12-21)19(2,3)28/h4-9,28H,10-12H2,1-3H3,(H,24,27). The number of hydrogen-bond donors (Lipinski definition) is 2. The molecule has 2 heterocycles. The number of benzene rings is 1. The molecule has 0 radical (unpaired) electrons. The number of rotatable bonds is 4. The van der Waals surface area contributed by atoms with Crippen LogP contribution < -0.4 is 5.32 Å². The van der Waals surface area contributed by atoms with E-state index in [1.165, 1.54) is 0 Å². The Kier molecular flexibility index (Phi) is 3.33. The fourth-order valence-corrected chi connectivity index (χ4v) is 4.80. The fourth-order valence-electron chi connectivity index (χ4n) is 4.80. The Morgan fingerprint density at radius 3 is 2.46 bits per heavy atom. The van der Waals surface area contributed by atoms with Crippen molar-refractivity contribution in [2.24, 2.45) is 5.41 Å². The molecule has 0 spiro atoms. The van der Waals surface area contributed by atoms with E-state index in [0.29, 0.717) is 11.5 Å². The molecule has 7 heteroatoms. The second kappa shape index (κ2) is 5.38. The van der Waals surface area contributed by atoms with Crippen LogP contribution in [0, 0.1) is 12.3 Å². The molecular weight excluding hydrogens is 354 g/mol. The third-order valence-corrected chi connectivity index (χ3v) is 6.57. The lowest BCUT2D eigenvalue weighted by Crippen LogP contribution is -2.79. The molecule has 0 saturated heterocycles. The minimum Gasteiger partial charge on any atom is -0.390 e. The van der Waals surface area contributed by atoms with Gasteiger partial charge < -0.3 is 10.4 Å². The van der Waals surface area contributed by atoms with E-state index in [1.807, 2.05) is 45.0 Å². The summed E-state index contributed by atoms with van der Waals surface area (Å²) in [6, 6.07) is 7.91. The molecule has 2 N–H and O–H groups in total. The molecule has 7 nitrogen and oxygen atoms in total. The van der Waals surface area contributed by atoms with E-state index < -0.39 is 5.60 Å². The average Bonchev–Trinajstić information content (AvgIpc) is 2.93. The summed E-state index contributed by atoms with van der Waals surface area (Å²) in [6.07, 6.45) is 5.56. The fraction of sp³-hybridized carbons (Fsp3) is 0.429. The topological polar surface area (TPSA) is 92.9 Å². The van der Waals surface area contributed by atoms with E-state index in [-0.39, 0.29) is 16.9 Å². The molecule has 0 atom stereocenters. The van der Waals surface area contributed by atoms with Crippen molar-refractivity contribution in [1.29, 1.82) is 0 Å². The van der Waals surface area contributed by atoms with E-state index >= 15 is 0 Å². The first-order valence-corrected chi connectivity index (χ1v) is 9.54. The molecule has 28 heavy (non-hydrogen) atoms. The highest BCUT2D eigenvalue weighted by Gasteiger charge is 2.73. The number of aliphatic hydroxyl groups is 1. The Labute approximate surface area is 162 Å². The van der Waals surface area contributed by atoms with Crippen LogP contribution >= 0.6 is 0 Å². The van der Waals surface area contributed by atoms with Gasteiger partial charge in [0.2, 0.25) is 0 Å². The number of fused-ring (bicyclic) bond motifs is 1. The molecule has 1 aromatic carbocycles. The molecule has 6 rings (SSSR count). The van der Waals surface area contributed by atoms with E-state index in [9.17, 15) is 9.90 Å². The van der Waals surface area contributed by atoms with Crippen molar-refractivity contribution in [3.8, 4) is 5.95 Å². The summed E-state index contributed by atoms with van der Waals surface area (Å²) in [5.74, 6) is 0.268. The number of carbonyl (C=O) groups excluding carboxylic acids is 1. The van der Waals surface area contributed by atoms with Crippen molar-refractivity contribution in [2.75, 3.05) is 0 Å². The summed E-state index contributed by atoms with van der Waals surface area (Å²) >= 11 is 0. The highest BCUT2D eigenvalue weighted by Crippen LogP contribution is 2.71. The zero-order chi connectivity index (χ0) is 19.7. The first kappa shape index (κ1) is 17.3. The Hall–Kier alpha value is -2.80. The van der Waals surface area contributed by atoms with Gasteiger partial charge in [-0.1, -0.05) is 18.2 Å². The highest BCUT2D eigenvalue weighted by atomic mass is 16.3. The minimum absolute atomic E-state index is 0.0420. The smallest absolute Gasteiger partial charge is 0.254 e. The van der Waals surface area contributed by atoms with Crippen LogP contribution in [0.4, 0.5) is 0 Å². The number of nitrogens with zero attached hydrogens (tertiary/aromatic N) is 4. The van der Waals surface area contributed by atoms with E-state index in [2.05, 4.69) is 20.4 Å². The molecule has 3 saturated carbocycles. The quantitative estimate of drug-likeness (QED) is 0.729. The summed E-state index contributed by atoms with van der Waals surface area (Å²) in [7, 11) is 0. The molecule has 3 aromatic rings. The number of aryl methyl sites for hydroxylation is 1. The van der Waals surface area contributed by atoms with Gasteiger partial charge in [0.25, 0.3) is 11.9 Å². The van der Waals surface area contributed by atoms with Crippen LogP contribution in [0.25, 0.3) is 16.9 Å². The minimum atomic E-state index is -0.699. The zero-order valence-corrected chi connectivity index (χ0v) is 16.2. The van der Waals surface area contributed by atoms with E-state index in [1.54, 1.807) is 17.1 Å². The third-order valence-electron chi connectivity index (χ3n) is 6.57. The Morgan fingerprint density at radius 1 is 1.18 bits per heavy atom. The zero-order valence-electron chi connectivity index (χ0n) is 16.2. The largest absolute Gasteiger partial charge is 0.390 e. The Bertz CT molecular complexity index is 1070. The second-order valence-corrected chi connectivity index (χ2v) is 8.89. The number of hydrogen-bond acceptors (Lipinski definition) is 5. The summed E-state index contributed by atoms with van der Waals surface area (Å²) < 4.78 is 1.70. The first-order valence-electron chi connectivity index (χ1n) is 9.54. The van der Waals surface area contributed by atoms with Gasteiger partial charge in [0.05, 0.1) is 22.4 Å². The number of nitrogens with one attached hydrogen (secondary N) is 1. The van der Waals surface area contributed by atoms with Gasteiger partial charge in [-0.05, 0) is 46.1 Å². The van der Waals surface area contributed by atoms with Crippen molar-refractivity contribution in [3.63, 3.8) is 0 Å². The Morgan fingerprint density at radius 2 is 1.82 bits per heavy atom. The maximum absolute atomic E-state index is 12.6. The lowest BCUT2D eigenvalue weighted by atomic mass is 9.35. The maximum atomic E-state index is 12.6.